The summed E-state index contributed by atoms with van der Waals surface area (Å²) in [6.07, 6.45) is 0.326. The number of anilines is 1. The first-order valence-corrected chi connectivity index (χ1v) is 9.59. The Morgan fingerprint density at radius 2 is 1.96 bits per heavy atom. The van der Waals surface area contributed by atoms with Gasteiger partial charge in [0.25, 0.3) is 5.91 Å². The molecule has 4 rings (SSSR count). The van der Waals surface area contributed by atoms with Crippen LogP contribution >= 0.6 is 23.8 Å². The van der Waals surface area contributed by atoms with E-state index in [2.05, 4.69) is 5.32 Å². The highest BCUT2D eigenvalue weighted by Gasteiger charge is 2.31. The van der Waals surface area contributed by atoms with Crippen LogP contribution in [0.3, 0.4) is 0 Å². The van der Waals surface area contributed by atoms with Crippen molar-refractivity contribution in [3.05, 3.63) is 64.7 Å². The van der Waals surface area contributed by atoms with E-state index in [0.717, 1.165) is 42.0 Å². The average Bonchev–Trinajstić information content (AvgIpc) is 2.71. The number of halogens is 1. The highest BCUT2D eigenvalue weighted by atomic mass is 35.5. The number of aliphatic imine (C=N–C) groups is 1. The molecule has 2 aliphatic rings. The van der Waals surface area contributed by atoms with Gasteiger partial charge in [0.15, 0.2) is 5.11 Å². The molecule has 1 saturated heterocycles. The van der Waals surface area contributed by atoms with Crippen molar-refractivity contribution in [1.29, 1.82) is 0 Å². The maximum absolute atomic E-state index is 13.1. The number of nitrogens with one attached hydrogen (secondary N) is 1. The summed E-state index contributed by atoms with van der Waals surface area (Å²) in [4.78, 5) is 21.5. The van der Waals surface area contributed by atoms with Gasteiger partial charge in [-0.3, -0.25) is 4.79 Å². The van der Waals surface area contributed by atoms with E-state index in [1.54, 1.807) is 18.0 Å². The van der Waals surface area contributed by atoms with E-state index in [1.165, 1.54) is 0 Å². The molecule has 27 heavy (non-hydrogen) atoms. The Morgan fingerprint density at radius 3 is 2.63 bits per heavy atom. The van der Waals surface area contributed by atoms with Crippen molar-refractivity contribution in [2.75, 3.05) is 25.0 Å². The van der Waals surface area contributed by atoms with Crippen LogP contribution in [-0.4, -0.2) is 47.9 Å². The van der Waals surface area contributed by atoms with Crippen molar-refractivity contribution in [1.82, 2.24) is 10.2 Å². The van der Waals surface area contributed by atoms with E-state index in [9.17, 15) is 4.79 Å². The van der Waals surface area contributed by atoms with Crippen LogP contribution in [0.5, 0.6) is 0 Å². The normalized spacial score (nSPS) is 19.0. The predicted molar refractivity (Wildman–Crippen MR) is 113 cm³/mol. The minimum absolute atomic E-state index is 0.160. The highest BCUT2D eigenvalue weighted by Crippen LogP contribution is 2.30. The Bertz CT molecular complexity index is 927. The minimum Gasteiger partial charge on any atom is -0.349 e. The number of hydrogen-bond donors (Lipinski definition) is 1. The molecule has 138 valence electrons. The molecule has 1 fully saturated rings. The number of amides is 1. The summed E-state index contributed by atoms with van der Waals surface area (Å²) in [5.41, 5.74) is 3.23. The first-order chi connectivity index (χ1) is 13.0. The topological polar surface area (TPSA) is 47.9 Å². The molecule has 2 aliphatic heterocycles. The van der Waals surface area contributed by atoms with E-state index in [-0.39, 0.29) is 5.91 Å². The van der Waals surface area contributed by atoms with Gasteiger partial charge in [-0.15, -0.1) is 0 Å². The molecule has 0 radical (unpaired) electrons. The molecule has 1 amide bonds. The number of hydrogen-bond acceptors (Lipinski definition) is 3. The van der Waals surface area contributed by atoms with Gasteiger partial charge in [-0.1, -0.05) is 41.9 Å². The number of nitrogens with zero attached hydrogens (tertiary/aromatic N) is 3. The standard InChI is InChI=1S/C20H19ClN4OS/c1-24-16-9-8-14(21)12-15(16)17(13-6-3-2-4-7-13)22-18(19(24)26)23-20(27)25-10-5-11-25/h2-4,6-9,12,18H,5,10-11H2,1H3,(H,23,27). The molecule has 2 aromatic carbocycles. The second-order valence-corrected chi connectivity index (χ2v) is 7.42. The number of carbonyl (C=O) groups is 1. The quantitative estimate of drug-likeness (QED) is 0.790. The molecule has 1 N–H and O–H groups in total. The summed E-state index contributed by atoms with van der Waals surface area (Å²) < 4.78 is 0. The lowest BCUT2D eigenvalue weighted by molar-refractivity contribution is -0.119. The summed E-state index contributed by atoms with van der Waals surface area (Å²) >= 11 is 11.7. The monoisotopic (exact) mass is 398 g/mol. The summed E-state index contributed by atoms with van der Waals surface area (Å²) in [7, 11) is 1.75. The molecule has 0 aliphatic carbocycles. The van der Waals surface area contributed by atoms with Crippen LogP contribution in [0, 0.1) is 0 Å². The summed E-state index contributed by atoms with van der Waals surface area (Å²) in [5, 5.41) is 4.30. The minimum atomic E-state index is -0.788. The van der Waals surface area contributed by atoms with E-state index in [1.807, 2.05) is 47.4 Å². The number of carbonyl (C=O) groups excluding carboxylic acids is 1. The SMILES string of the molecule is CN1C(=O)C(NC(=S)N2CCC2)N=C(c2ccccc2)c2cc(Cl)ccc21. The molecular formula is C20H19ClN4OS. The smallest absolute Gasteiger partial charge is 0.272 e. The second-order valence-electron chi connectivity index (χ2n) is 6.60. The van der Waals surface area contributed by atoms with Crippen molar-refractivity contribution < 1.29 is 4.79 Å². The third-order valence-electron chi connectivity index (χ3n) is 4.85. The third kappa shape index (κ3) is 3.42. The van der Waals surface area contributed by atoms with Crippen molar-refractivity contribution in [2.24, 2.45) is 4.99 Å². The molecule has 1 unspecified atom stereocenters. The lowest BCUT2D eigenvalue weighted by Crippen LogP contribution is -2.53. The molecule has 2 aromatic rings. The van der Waals surface area contributed by atoms with Crippen molar-refractivity contribution in [2.45, 2.75) is 12.6 Å². The third-order valence-corrected chi connectivity index (χ3v) is 5.46. The number of benzodiazepines with no additional fused rings is 1. The van der Waals surface area contributed by atoms with Gasteiger partial charge in [0.1, 0.15) is 0 Å². The van der Waals surface area contributed by atoms with Crippen LogP contribution in [0.2, 0.25) is 5.02 Å². The van der Waals surface area contributed by atoms with Gasteiger partial charge in [-0.05, 0) is 36.8 Å². The Hall–Kier alpha value is -2.44. The lowest BCUT2D eigenvalue weighted by Gasteiger charge is -2.34. The maximum Gasteiger partial charge on any atom is 0.272 e. The highest BCUT2D eigenvalue weighted by molar-refractivity contribution is 7.80. The number of likely N-dealkylation sites (N-methyl/N-ethyl adjacent to an activating group) is 1. The van der Waals surface area contributed by atoms with E-state index in [0.29, 0.717) is 10.1 Å². The van der Waals surface area contributed by atoms with E-state index < -0.39 is 6.17 Å². The predicted octanol–water partition coefficient (Wildman–Crippen LogP) is 3.06. The Kier molecular flexibility index (Phi) is 4.85. The average molecular weight is 399 g/mol. The van der Waals surface area contributed by atoms with Crippen molar-refractivity contribution >= 4 is 46.2 Å². The number of likely N-dealkylation sites (tertiary alicyclic amines) is 1. The number of fused-ring (bicyclic) bond motifs is 1. The molecule has 0 bridgehead atoms. The molecule has 7 heteroatoms. The van der Waals surface area contributed by atoms with Gasteiger partial charge in [-0.2, -0.15) is 0 Å². The second kappa shape index (κ2) is 7.29. The number of thiocarbonyl (C=S) groups is 1. The first-order valence-electron chi connectivity index (χ1n) is 8.81. The molecular weight excluding hydrogens is 380 g/mol. The van der Waals surface area contributed by atoms with Gasteiger partial charge in [0, 0.05) is 36.3 Å². The van der Waals surface area contributed by atoms with Crippen LogP contribution in [-0.2, 0) is 4.79 Å². The Labute approximate surface area is 168 Å². The van der Waals surface area contributed by atoms with Crippen LogP contribution < -0.4 is 10.2 Å². The van der Waals surface area contributed by atoms with Crippen LogP contribution in [0.25, 0.3) is 0 Å². The maximum atomic E-state index is 13.1. The van der Waals surface area contributed by atoms with Crippen LogP contribution in [0.4, 0.5) is 5.69 Å². The zero-order valence-electron chi connectivity index (χ0n) is 14.9. The van der Waals surface area contributed by atoms with Gasteiger partial charge in [0.05, 0.1) is 11.4 Å². The van der Waals surface area contributed by atoms with Gasteiger partial charge in [-0.25, -0.2) is 4.99 Å². The zero-order valence-corrected chi connectivity index (χ0v) is 16.4. The molecule has 5 nitrogen and oxygen atoms in total. The molecule has 0 saturated carbocycles. The van der Waals surface area contributed by atoms with Crippen LogP contribution in [0.15, 0.2) is 53.5 Å². The number of rotatable bonds is 2. The lowest BCUT2D eigenvalue weighted by atomic mass is 10.0. The molecule has 0 aromatic heterocycles. The zero-order chi connectivity index (χ0) is 19.0. The molecule has 0 spiro atoms. The fourth-order valence-electron chi connectivity index (χ4n) is 3.19. The van der Waals surface area contributed by atoms with Crippen LogP contribution in [0.1, 0.15) is 17.5 Å². The summed E-state index contributed by atoms with van der Waals surface area (Å²) in [5.74, 6) is -0.160. The first kappa shape index (κ1) is 17.9. The summed E-state index contributed by atoms with van der Waals surface area (Å²) in [6.45, 7) is 1.82. The Morgan fingerprint density at radius 1 is 1.22 bits per heavy atom. The fourth-order valence-corrected chi connectivity index (χ4v) is 3.66. The number of benzene rings is 2. The van der Waals surface area contributed by atoms with Crippen molar-refractivity contribution in [3.63, 3.8) is 0 Å². The van der Waals surface area contributed by atoms with Gasteiger partial charge < -0.3 is 15.1 Å². The molecule has 2 heterocycles. The Balaban J connectivity index is 1.81. The van der Waals surface area contributed by atoms with Gasteiger partial charge >= 0.3 is 0 Å². The summed E-state index contributed by atoms with van der Waals surface area (Å²) in [6, 6.07) is 15.3. The fraction of sp³-hybridized carbons (Fsp3) is 0.250. The van der Waals surface area contributed by atoms with Gasteiger partial charge in [0.2, 0.25) is 6.17 Å². The van der Waals surface area contributed by atoms with Crippen molar-refractivity contribution in [3.8, 4) is 0 Å². The van der Waals surface area contributed by atoms with E-state index in [4.69, 9.17) is 28.8 Å². The van der Waals surface area contributed by atoms with E-state index >= 15 is 0 Å². The molecule has 1 atom stereocenters. The largest absolute Gasteiger partial charge is 0.349 e.